The standard InChI is InChI=1S/C33H29NO9/c1-14-19-10-9-17(12-18(35)11-16-7-4-6-15-5-2-3-8-20(15)16)27(37)24(19)29(39)26-23(14)28(38)21-13-22(36)25(32(34)42)30(40)33(21,43)31(26)41/h2-10,14,21,23,28,37-40,43H,11-13H2,1H3,(H2,34,42). The van der Waals surface area contributed by atoms with Crippen molar-refractivity contribution in [2.75, 3.05) is 0 Å². The minimum atomic E-state index is -2.91. The summed E-state index contributed by atoms with van der Waals surface area (Å²) in [6.07, 6.45) is -2.33. The first-order valence-electron chi connectivity index (χ1n) is 13.9. The van der Waals surface area contributed by atoms with Crippen LogP contribution in [0.3, 0.4) is 0 Å². The molecule has 5 atom stereocenters. The Morgan fingerprint density at radius 3 is 2.35 bits per heavy atom. The van der Waals surface area contributed by atoms with E-state index in [0.717, 1.165) is 16.3 Å². The number of aliphatic hydroxyl groups is 4. The summed E-state index contributed by atoms with van der Waals surface area (Å²) < 4.78 is 0. The molecule has 1 saturated carbocycles. The fraction of sp³-hybridized carbons (Fsp3) is 0.273. The maximum absolute atomic E-state index is 13.8. The average Bonchev–Trinajstić information content (AvgIpc) is 2.96. The van der Waals surface area contributed by atoms with Crippen molar-refractivity contribution in [1.82, 2.24) is 0 Å². The number of benzene rings is 3. The molecule has 3 aliphatic rings. The summed E-state index contributed by atoms with van der Waals surface area (Å²) in [5.74, 6) is -9.48. The number of fused-ring (bicyclic) bond motifs is 4. The van der Waals surface area contributed by atoms with E-state index in [1.54, 1.807) is 19.1 Å². The molecule has 10 heteroatoms. The summed E-state index contributed by atoms with van der Waals surface area (Å²) in [5, 5.41) is 58.2. The fourth-order valence-electron chi connectivity index (χ4n) is 7.12. The van der Waals surface area contributed by atoms with Crippen molar-refractivity contribution < 1.29 is 44.7 Å². The third-order valence-electron chi connectivity index (χ3n) is 9.24. The van der Waals surface area contributed by atoms with E-state index >= 15 is 0 Å². The van der Waals surface area contributed by atoms with Crippen LogP contribution >= 0.6 is 0 Å². The number of carbonyl (C=O) groups excluding carboxylic acids is 4. The van der Waals surface area contributed by atoms with Crippen molar-refractivity contribution in [3.05, 3.63) is 93.8 Å². The van der Waals surface area contributed by atoms with Gasteiger partial charge in [-0.05, 0) is 27.8 Å². The van der Waals surface area contributed by atoms with E-state index < -0.39 is 81.8 Å². The molecule has 0 aromatic heterocycles. The van der Waals surface area contributed by atoms with E-state index in [9.17, 15) is 44.7 Å². The first kappa shape index (κ1) is 28.3. The molecule has 3 aliphatic carbocycles. The lowest BCUT2D eigenvalue weighted by atomic mass is 9.55. The second-order valence-corrected chi connectivity index (χ2v) is 11.6. The molecule has 220 valence electrons. The average molecular weight is 584 g/mol. The minimum absolute atomic E-state index is 0.0923. The molecule has 0 radical (unpaired) electrons. The van der Waals surface area contributed by atoms with Gasteiger partial charge in [-0.25, -0.2) is 0 Å². The number of hydrogen-bond donors (Lipinski definition) is 6. The topological polar surface area (TPSA) is 195 Å². The molecule has 0 bridgehead atoms. The lowest BCUT2D eigenvalue weighted by Crippen LogP contribution is -2.63. The molecule has 7 N–H and O–H groups in total. The molecular weight excluding hydrogens is 554 g/mol. The molecule has 1 fully saturated rings. The number of ketones is 3. The molecule has 0 saturated heterocycles. The van der Waals surface area contributed by atoms with Crippen LogP contribution in [-0.4, -0.2) is 60.5 Å². The van der Waals surface area contributed by atoms with Crippen LogP contribution in [0.5, 0.6) is 5.75 Å². The van der Waals surface area contributed by atoms with Gasteiger partial charge < -0.3 is 31.3 Å². The number of aliphatic hydroxyl groups excluding tert-OH is 3. The van der Waals surface area contributed by atoms with Gasteiger partial charge in [-0.1, -0.05) is 61.5 Å². The van der Waals surface area contributed by atoms with Crippen molar-refractivity contribution in [2.24, 2.45) is 17.6 Å². The quantitative estimate of drug-likeness (QED) is 0.245. The van der Waals surface area contributed by atoms with E-state index in [1.165, 1.54) is 0 Å². The van der Waals surface area contributed by atoms with Crippen molar-refractivity contribution >= 4 is 39.8 Å². The summed E-state index contributed by atoms with van der Waals surface area (Å²) in [4.78, 5) is 51.4. The number of aromatic hydroxyl groups is 1. The highest BCUT2D eigenvalue weighted by Gasteiger charge is 2.64. The van der Waals surface area contributed by atoms with Crippen molar-refractivity contribution in [3.63, 3.8) is 0 Å². The van der Waals surface area contributed by atoms with E-state index in [-0.39, 0.29) is 29.8 Å². The first-order chi connectivity index (χ1) is 20.4. The van der Waals surface area contributed by atoms with Gasteiger partial charge in [0.2, 0.25) is 5.78 Å². The summed E-state index contributed by atoms with van der Waals surface area (Å²) in [5.41, 5.74) is 2.16. The Morgan fingerprint density at radius 2 is 1.63 bits per heavy atom. The van der Waals surface area contributed by atoms with Crippen LogP contribution in [0.4, 0.5) is 0 Å². The van der Waals surface area contributed by atoms with E-state index in [4.69, 9.17) is 5.73 Å². The minimum Gasteiger partial charge on any atom is -0.508 e. The molecule has 6 rings (SSSR count). The van der Waals surface area contributed by atoms with Crippen molar-refractivity contribution in [1.29, 1.82) is 0 Å². The maximum Gasteiger partial charge on any atom is 0.255 e. The fourth-order valence-corrected chi connectivity index (χ4v) is 7.12. The van der Waals surface area contributed by atoms with E-state index in [0.29, 0.717) is 5.56 Å². The SMILES string of the molecule is CC1c2ccc(CC(=O)Cc3cccc4ccccc34)c(O)c2C(O)=C2C(=O)C3(O)C(O)=C(C(N)=O)C(=O)CC3C(O)C21. The summed E-state index contributed by atoms with van der Waals surface area (Å²) >= 11 is 0. The lowest BCUT2D eigenvalue weighted by Gasteiger charge is -2.50. The van der Waals surface area contributed by atoms with Crippen molar-refractivity contribution in [3.8, 4) is 5.75 Å². The number of amides is 1. The normalized spacial score (nSPS) is 26.7. The molecule has 0 spiro atoms. The Labute approximate surface area is 245 Å². The lowest BCUT2D eigenvalue weighted by molar-refractivity contribution is -0.160. The summed E-state index contributed by atoms with van der Waals surface area (Å²) in [6, 6.07) is 16.5. The largest absolute Gasteiger partial charge is 0.508 e. The van der Waals surface area contributed by atoms with Gasteiger partial charge in [0, 0.05) is 42.2 Å². The molecule has 0 heterocycles. The Bertz CT molecular complexity index is 1830. The highest BCUT2D eigenvalue weighted by molar-refractivity contribution is 6.23. The zero-order valence-corrected chi connectivity index (χ0v) is 23.1. The number of Topliss-reactive ketones (excluding diaryl/α,β-unsaturated/α-hetero) is 3. The zero-order valence-electron chi connectivity index (χ0n) is 23.1. The smallest absolute Gasteiger partial charge is 0.255 e. The van der Waals surface area contributed by atoms with Crippen LogP contribution in [-0.2, 0) is 32.0 Å². The van der Waals surface area contributed by atoms with Crippen LogP contribution in [0.15, 0.2) is 71.5 Å². The highest BCUT2D eigenvalue weighted by atomic mass is 16.4. The number of phenols is 1. The van der Waals surface area contributed by atoms with E-state index in [2.05, 4.69) is 0 Å². The second-order valence-electron chi connectivity index (χ2n) is 11.6. The number of primary amides is 1. The van der Waals surface area contributed by atoms with Crippen LogP contribution < -0.4 is 5.73 Å². The molecule has 1 amide bonds. The van der Waals surface area contributed by atoms with Crippen LogP contribution in [0.25, 0.3) is 16.5 Å². The van der Waals surface area contributed by atoms with Gasteiger partial charge >= 0.3 is 0 Å². The number of hydrogen-bond acceptors (Lipinski definition) is 9. The molecule has 43 heavy (non-hydrogen) atoms. The molecule has 0 aliphatic heterocycles. The van der Waals surface area contributed by atoms with Crippen LogP contribution in [0.1, 0.15) is 41.5 Å². The third kappa shape index (κ3) is 4.01. The summed E-state index contributed by atoms with van der Waals surface area (Å²) in [6.45, 7) is 1.65. The number of carbonyl (C=O) groups is 4. The van der Waals surface area contributed by atoms with Gasteiger partial charge in [0.15, 0.2) is 11.4 Å². The number of nitrogens with two attached hydrogens (primary N) is 1. The summed E-state index contributed by atoms with van der Waals surface area (Å²) in [7, 11) is 0. The molecular formula is C33H29NO9. The molecule has 5 unspecified atom stereocenters. The van der Waals surface area contributed by atoms with Crippen LogP contribution in [0, 0.1) is 11.8 Å². The number of rotatable bonds is 5. The van der Waals surface area contributed by atoms with Crippen molar-refractivity contribution in [2.45, 2.75) is 43.8 Å². The van der Waals surface area contributed by atoms with Crippen LogP contribution in [0.2, 0.25) is 0 Å². The third-order valence-corrected chi connectivity index (χ3v) is 9.24. The van der Waals surface area contributed by atoms with E-state index in [1.807, 2.05) is 42.5 Å². The first-order valence-corrected chi connectivity index (χ1v) is 13.9. The van der Waals surface area contributed by atoms with Gasteiger partial charge in [0.05, 0.1) is 11.7 Å². The Balaban J connectivity index is 1.40. The van der Waals surface area contributed by atoms with Gasteiger partial charge in [0.25, 0.3) is 5.91 Å². The maximum atomic E-state index is 13.8. The monoisotopic (exact) mass is 583 g/mol. The highest BCUT2D eigenvalue weighted by Crippen LogP contribution is 2.55. The number of phenolic OH excluding ortho intramolecular Hbond substituents is 1. The molecule has 3 aromatic rings. The Hall–Kier alpha value is -4.80. The Kier molecular flexibility index (Phi) is 6.52. The van der Waals surface area contributed by atoms with Gasteiger partial charge in [0.1, 0.15) is 28.6 Å². The van der Waals surface area contributed by atoms with Gasteiger partial charge in [-0.3, -0.25) is 19.2 Å². The van der Waals surface area contributed by atoms with Gasteiger partial charge in [-0.2, -0.15) is 0 Å². The predicted octanol–water partition coefficient (Wildman–Crippen LogP) is 2.46. The molecule has 3 aromatic carbocycles. The zero-order chi connectivity index (χ0) is 31.0. The molecule has 10 nitrogen and oxygen atoms in total. The second kappa shape index (κ2) is 9.89. The Morgan fingerprint density at radius 1 is 0.953 bits per heavy atom. The van der Waals surface area contributed by atoms with Gasteiger partial charge in [-0.15, -0.1) is 0 Å². The predicted molar refractivity (Wildman–Crippen MR) is 154 cm³/mol.